The number of H-pyrrole nitrogens is 1. The molecule has 0 saturated carbocycles. The number of benzene rings is 1. The molecule has 0 fully saturated rings. The van der Waals surface area contributed by atoms with Gasteiger partial charge in [0.05, 0.1) is 12.6 Å². The van der Waals surface area contributed by atoms with Crippen LogP contribution < -0.4 is 11.2 Å². The Balaban J connectivity index is 1.65. The van der Waals surface area contributed by atoms with Crippen LogP contribution in [0.1, 0.15) is 31.3 Å². The van der Waals surface area contributed by atoms with E-state index >= 15 is 0 Å². The third-order valence-corrected chi connectivity index (χ3v) is 5.33. The Hall–Kier alpha value is -3.49. The molecule has 2 aromatic heterocycles. The summed E-state index contributed by atoms with van der Waals surface area (Å²) in [7, 11) is 0. The van der Waals surface area contributed by atoms with E-state index in [0.29, 0.717) is 24.5 Å². The monoisotopic (exact) mass is 408 g/mol. The number of nitrogens with one attached hydrogen (secondary N) is 1. The minimum absolute atomic E-state index is 0.106. The largest absolute Gasteiger partial charge is 0.329 e. The van der Waals surface area contributed by atoms with E-state index in [1.165, 1.54) is 10.8 Å². The fourth-order valence-corrected chi connectivity index (χ4v) is 3.84. The van der Waals surface area contributed by atoms with Crippen LogP contribution in [-0.4, -0.2) is 41.7 Å². The number of aromatic amines is 1. The van der Waals surface area contributed by atoms with Crippen molar-refractivity contribution in [3.05, 3.63) is 68.8 Å². The van der Waals surface area contributed by atoms with Crippen molar-refractivity contribution in [1.29, 1.82) is 0 Å². The van der Waals surface area contributed by atoms with Crippen LogP contribution in [0.3, 0.4) is 0 Å². The van der Waals surface area contributed by atoms with Crippen LogP contribution in [0.5, 0.6) is 0 Å². The van der Waals surface area contributed by atoms with Gasteiger partial charge in [0.25, 0.3) is 5.56 Å². The van der Waals surface area contributed by atoms with E-state index < -0.39 is 11.2 Å². The molecule has 1 aliphatic rings. The fourth-order valence-electron chi connectivity index (χ4n) is 3.84. The van der Waals surface area contributed by atoms with Crippen molar-refractivity contribution in [2.24, 2.45) is 5.92 Å². The van der Waals surface area contributed by atoms with Gasteiger partial charge in [-0.3, -0.25) is 19.1 Å². The van der Waals surface area contributed by atoms with Gasteiger partial charge in [-0.2, -0.15) is 5.10 Å². The molecule has 1 aromatic carbocycles. The van der Waals surface area contributed by atoms with E-state index in [1.807, 2.05) is 48.9 Å². The molecule has 0 unspecified atom stereocenters. The summed E-state index contributed by atoms with van der Waals surface area (Å²) < 4.78 is 3.11. The van der Waals surface area contributed by atoms with Gasteiger partial charge in [-0.15, -0.1) is 0 Å². The molecule has 30 heavy (non-hydrogen) atoms. The number of nitrogens with zero attached hydrogens (tertiary/aromatic N) is 5. The number of carbonyl (C=O) groups is 1. The molecular weight excluding hydrogens is 384 g/mol. The number of fused-ring (bicyclic) bond motifs is 1. The lowest BCUT2D eigenvalue weighted by Crippen LogP contribution is -2.47. The lowest BCUT2D eigenvalue weighted by atomic mass is 9.99. The highest BCUT2D eigenvalue weighted by molar-refractivity contribution is 5.76. The molecule has 0 spiro atoms. The third-order valence-electron chi connectivity index (χ3n) is 5.33. The molecule has 9 nitrogen and oxygen atoms in total. The molecule has 0 aliphatic carbocycles. The molecule has 0 saturated heterocycles. The van der Waals surface area contributed by atoms with Gasteiger partial charge in [-0.05, 0) is 12.8 Å². The molecule has 1 amide bonds. The second kappa shape index (κ2) is 7.74. The summed E-state index contributed by atoms with van der Waals surface area (Å²) in [5.74, 6) is 1.29. The quantitative estimate of drug-likeness (QED) is 0.701. The highest BCUT2D eigenvalue weighted by Crippen LogP contribution is 2.32. The molecule has 1 atom stereocenters. The number of amides is 1. The Morgan fingerprint density at radius 1 is 1.20 bits per heavy atom. The summed E-state index contributed by atoms with van der Waals surface area (Å²) in [5.41, 5.74) is 0.276. The van der Waals surface area contributed by atoms with Crippen LogP contribution in [0, 0.1) is 12.8 Å². The molecule has 1 aliphatic heterocycles. The SMILES string of the molecule is Cc1cn(CC(=O)N2CCn3nc(-c4ccccc4)nc3[C@@H]2C(C)C)c(=O)[nH]c1=O. The second-order valence-corrected chi connectivity index (χ2v) is 7.86. The summed E-state index contributed by atoms with van der Waals surface area (Å²) in [6, 6.07) is 9.48. The first-order chi connectivity index (χ1) is 14.3. The van der Waals surface area contributed by atoms with E-state index in [1.54, 1.807) is 11.8 Å². The Morgan fingerprint density at radius 2 is 1.93 bits per heavy atom. The summed E-state index contributed by atoms with van der Waals surface area (Å²) in [6.07, 6.45) is 1.42. The standard InChI is InChI=1S/C21H24N6O3/c1-13(2)17-19-22-18(15-7-5-4-6-8-15)24-27(19)10-9-26(17)16(28)12-25-11-14(3)20(29)23-21(25)30/h4-8,11,13,17H,9-10,12H2,1-3H3,(H,23,29,30)/t17-/m0/s1. The predicted octanol–water partition coefficient (Wildman–Crippen LogP) is 1.34. The maximum absolute atomic E-state index is 13.1. The van der Waals surface area contributed by atoms with E-state index in [0.717, 1.165) is 11.4 Å². The topological polar surface area (TPSA) is 106 Å². The Morgan fingerprint density at radius 3 is 2.63 bits per heavy atom. The molecule has 3 heterocycles. The minimum atomic E-state index is -0.591. The highest BCUT2D eigenvalue weighted by atomic mass is 16.2. The molecule has 9 heteroatoms. The Bertz CT molecular complexity index is 1190. The first kappa shape index (κ1) is 19.8. The maximum Gasteiger partial charge on any atom is 0.328 e. The molecule has 3 aromatic rings. The Kier molecular flexibility index (Phi) is 5.11. The van der Waals surface area contributed by atoms with Gasteiger partial charge in [0, 0.05) is 23.9 Å². The summed E-state index contributed by atoms with van der Waals surface area (Å²) in [6.45, 7) is 6.54. The second-order valence-electron chi connectivity index (χ2n) is 7.86. The van der Waals surface area contributed by atoms with Crippen LogP contribution in [0.15, 0.2) is 46.1 Å². The van der Waals surface area contributed by atoms with Crippen molar-refractivity contribution in [3.8, 4) is 11.4 Å². The smallest absolute Gasteiger partial charge is 0.328 e. The number of aryl methyl sites for hydroxylation is 1. The van der Waals surface area contributed by atoms with Gasteiger partial charge in [0.2, 0.25) is 5.91 Å². The molecule has 1 N–H and O–H groups in total. The van der Waals surface area contributed by atoms with E-state index in [4.69, 9.17) is 4.98 Å². The molecular formula is C21H24N6O3. The summed E-state index contributed by atoms with van der Waals surface area (Å²) in [5, 5.41) is 4.64. The lowest BCUT2D eigenvalue weighted by Gasteiger charge is -2.37. The van der Waals surface area contributed by atoms with E-state index in [-0.39, 0.29) is 24.4 Å². The maximum atomic E-state index is 13.1. The van der Waals surface area contributed by atoms with Crippen molar-refractivity contribution < 1.29 is 4.79 Å². The van der Waals surface area contributed by atoms with Crippen LogP contribution >= 0.6 is 0 Å². The van der Waals surface area contributed by atoms with Crippen LogP contribution in [0.25, 0.3) is 11.4 Å². The molecule has 156 valence electrons. The summed E-state index contributed by atoms with van der Waals surface area (Å²) >= 11 is 0. The predicted molar refractivity (Wildman–Crippen MR) is 111 cm³/mol. The van der Waals surface area contributed by atoms with Crippen LogP contribution in [0.2, 0.25) is 0 Å². The molecule has 4 rings (SSSR count). The number of hydrogen-bond donors (Lipinski definition) is 1. The average Bonchev–Trinajstić information content (AvgIpc) is 3.16. The fraction of sp³-hybridized carbons (Fsp3) is 0.381. The molecule has 0 radical (unpaired) electrons. The third kappa shape index (κ3) is 3.58. The van der Waals surface area contributed by atoms with Crippen LogP contribution in [0.4, 0.5) is 0 Å². The van der Waals surface area contributed by atoms with Gasteiger partial charge in [0.15, 0.2) is 11.6 Å². The minimum Gasteiger partial charge on any atom is -0.329 e. The van der Waals surface area contributed by atoms with Crippen molar-refractivity contribution in [2.75, 3.05) is 6.54 Å². The van der Waals surface area contributed by atoms with Crippen molar-refractivity contribution in [3.63, 3.8) is 0 Å². The lowest BCUT2D eigenvalue weighted by molar-refractivity contribution is -0.137. The Labute approximate surface area is 173 Å². The van der Waals surface area contributed by atoms with Gasteiger partial charge < -0.3 is 4.90 Å². The average molecular weight is 408 g/mol. The highest BCUT2D eigenvalue weighted by Gasteiger charge is 2.36. The van der Waals surface area contributed by atoms with Gasteiger partial charge in [-0.1, -0.05) is 44.2 Å². The number of rotatable bonds is 4. The number of hydrogen-bond acceptors (Lipinski definition) is 5. The van der Waals surface area contributed by atoms with E-state index in [2.05, 4.69) is 10.1 Å². The van der Waals surface area contributed by atoms with Gasteiger partial charge >= 0.3 is 5.69 Å². The zero-order valence-corrected chi connectivity index (χ0v) is 17.2. The zero-order valence-electron chi connectivity index (χ0n) is 17.2. The van der Waals surface area contributed by atoms with Crippen LogP contribution in [-0.2, 0) is 17.9 Å². The van der Waals surface area contributed by atoms with Gasteiger partial charge in [-0.25, -0.2) is 14.5 Å². The van der Waals surface area contributed by atoms with Crippen molar-refractivity contribution >= 4 is 5.91 Å². The van der Waals surface area contributed by atoms with Gasteiger partial charge in [0.1, 0.15) is 6.54 Å². The van der Waals surface area contributed by atoms with Crippen molar-refractivity contribution in [1.82, 2.24) is 29.2 Å². The normalized spacial score (nSPS) is 16.0. The first-order valence-electron chi connectivity index (χ1n) is 9.95. The number of carbonyl (C=O) groups excluding carboxylic acids is 1. The zero-order chi connectivity index (χ0) is 21.4. The number of aromatic nitrogens is 5. The van der Waals surface area contributed by atoms with E-state index in [9.17, 15) is 14.4 Å². The summed E-state index contributed by atoms with van der Waals surface area (Å²) in [4.78, 5) is 45.6. The van der Waals surface area contributed by atoms with Crippen molar-refractivity contribution in [2.45, 2.75) is 39.9 Å². The molecule has 0 bridgehead atoms. The first-order valence-corrected chi connectivity index (χ1v) is 9.95.